The molecule has 1 heterocycles. The highest BCUT2D eigenvalue weighted by atomic mass is 35.5. The Morgan fingerprint density at radius 2 is 1.81 bits per heavy atom. The average Bonchev–Trinajstić information content (AvgIpc) is 2.94. The molecule has 1 aliphatic heterocycles. The van der Waals surface area contributed by atoms with E-state index >= 15 is 0 Å². The van der Waals surface area contributed by atoms with Crippen molar-refractivity contribution < 1.29 is 28.3 Å². The molecule has 1 aliphatic rings. The van der Waals surface area contributed by atoms with Crippen LogP contribution in [-0.2, 0) is 20.7 Å². The topological polar surface area (TPSA) is 77.0 Å². The van der Waals surface area contributed by atoms with Gasteiger partial charge in [0.05, 0.1) is 16.2 Å². The standard InChI is InChI=1S/C23H26BClFNO5/c1-22(2)23(3,4)32-24(31-22)17(10-16-11-18(26)12-19(25)20(16)28)13-27-21(29)30-14-15-8-6-5-7-9-15/h5-12,28H,13-14H2,1-4H3,(H,27,29). The summed E-state index contributed by atoms with van der Waals surface area (Å²) in [5, 5.41) is 12.8. The highest BCUT2D eigenvalue weighted by Crippen LogP contribution is 2.39. The van der Waals surface area contributed by atoms with Crippen molar-refractivity contribution in [2.24, 2.45) is 0 Å². The molecule has 9 heteroatoms. The van der Waals surface area contributed by atoms with Crippen molar-refractivity contribution in [3.8, 4) is 5.75 Å². The number of phenolic OH excluding ortho intramolecular Hbond substituents is 1. The van der Waals surface area contributed by atoms with E-state index in [2.05, 4.69) is 5.32 Å². The van der Waals surface area contributed by atoms with Crippen LogP contribution in [0.1, 0.15) is 38.8 Å². The van der Waals surface area contributed by atoms with Crippen molar-refractivity contribution in [3.05, 3.63) is 69.9 Å². The maximum atomic E-state index is 13.9. The molecule has 170 valence electrons. The summed E-state index contributed by atoms with van der Waals surface area (Å²) in [5.74, 6) is -0.892. The molecule has 0 atom stereocenters. The monoisotopic (exact) mass is 461 g/mol. The first-order valence-electron chi connectivity index (χ1n) is 10.2. The molecule has 0 aliphatic carbocycles. The first-order chi connectivity index (χ1) is 15.0. The lowest BCUT2D eigenvalue weighted by Gasteiger charge is -2.32. The van der Waals surface area contributed by atoms with Crippen LogP contribution in [0.3, 0.4) is 0 Å². The number of phenols is 1. The van der Waals surface area contributed by atoms with E-state index in [4.69, 9.17) is 25.6 Å². The summed E-state index contributed by atoms with van der Waals surface area (Å²) < 4.78 is 31.3. The molecular formula is C23H26BClFNO5. The van der Waals surface area contributed by atoms with E-state index in [9.17, 15) is 14.3 Å². The minimum absolute atomic E-state index is 0.0159. The molecule has 2 N–H and O–H groups in total. The van der Waals surface area contributed by atoms with Crippen LogP contribution in [0.4, 0.5) is 9.18 Å². The number of ether oxygens (including phenoxy) is 1. The largest absolute Gasteiger partial charge is 0.506 e. The molecule has 0 radical (unpaired) electrons. The van der Waals surface area contributed by atoms with E-state index in [0.29, 0.717) is 5.47 Å². The van der Waals surface area contributed by atoms with Crippen molar-refractivity contribution in [2.45, 2.75) is 45.5 Å². The molecular weight excluding hydrogens is 436 g/mol. The van der Waals surface area contributed by atoms with Crippen molar-refractivity contribution in [1.82, 2.24) is 5.32 Å². The Balaban J connectivity index is 1.79. The summed E-state index contributed by atoms with van der Waals surface area (Å²) in [6, 6.07) is 11.4. The van der Waals surface area contributed by atoms with Gasteiger partial charge in [0.1, 0.15) is 18.2 Å². The van der Waals surface area contributed by atoms with Gasteiger partial charge in [-0.1, -0.05) is 48.0 Å². The smallest absolute Gasteiger partial charge is 0.492 e. The van der Waals surface area contributed by atoms with Crippen LogP contribution >= 0.6 is 11.6 Å². The van der Waals surface area contributed by atoms with Crippen molar-refractivity contribution in [1.29, 1.82) is 0 Å². The van der Waals surface area contributed by atoms with E-state index in [0.717, 1.165) is 17.7 Å². The van der Waals surface area contributed by atoms with Gasteiger partial charge in [-0.3, -0.25) is 0 Å². The minimum atomic E-state index is -0.837. The lowest BCUT2D eigenvalue weighted by molar-refractivity contribution is 0.00578. The third-order valence-corrected chi connectivity index (χ3v) is 5.89. The highest BCUT2D eigenvalue weighted by Gasteiger charge is 2.52. The van der Waals surface area contributed by atoms with Crippen LogP contribution in [0.2, 0.25) is 5.02 Å². The molecule has 3 rings (SSSR count). The van der Waals surface area contributed by atoms with Gasteiger partial charge in [0.15, 0.2) is 0 Å². The first kappa shape index (κ1) is 24.1. The number of carbonyl (C=O) groups is 1. The number of nitrogens with one attached hydrogen (secondary N) is 1. The Morgan fingerprint density at radius 1 is 1.19 bits per heavy atom. The maximum Gasteiger partial charge on any atom is 0.492 e. The summed E-state index contributed by atoms with van der Waals surface area (Å²) in [4.78, 5) is 12.2. The number of carbonyl (C=O) groups excluding carboxylic acids is 1. The number of alkyl carbamates (subject to hydrolysis) is 1. The Kier molecular flexibility index (Phi) is 7.17. The van der Waals surface area contributed by atoms with Crippen LogP contribution in [0.5, 0.6) is 5.75 Å². The third-order valence-electron chi connectivity index (χ3n) is 5.60. The van der Waals surface area contributed by atoms with Crippen LogP contribution in [0.25, 0.3) is 6.08 Å². The summed E-state index contributed by atoms with van der Waals surface area (Å²) in [6.07, 6.45) is 0.849. The molecule has 0 unspecified atom stereocenters. The van der Waals surface area contributed by atoms with E-state index < -0.39 is 30.2 Å². The van der Waals surface area contributed by atoms with Gasteiger partial charge in [0, 0.05) is 12.1 Å². The fourth-order valence-electron chi connectivity index (χ4n) is 3.04. The molecule has 0 aromatic heterocycles. The average molecular weight is 462 g/mol. The zero-order chi connectivity index (χ0) is 23.5. The zero-order valence-corrected chi connectivity index (χ0v) is 19.2. The second-order valence-electron chi connectivity index (χ2n) is 8.55. The summed E-state index contributed by atoms with van der Waals surface area (Å²) in [7, 11) is -0.837. The van der Waals surface area contributed by atoms with Crippen molar-refractivity contribution in [3.63, 3.8) is 0 Å². The molecule has 0 spiro atoms. The predicted molar refractivity (Wildman–Crippen MR) is 122 cm³/mol. The molecule has 0 bridgehead atoms. The molecule has 2 aromatic carbocycles. The summed E-state index contributed by atoms with van der Waals surface area (Å²) >= 11 is 5.91. The van der Waals surface area contributed by atoms with Gasteiger partial charge in [-0.2, -0.15) is 0 Å². The maximum absolute atomic E-state index is 13.9. The van der Waals surface area contributed by atoms with Crippen LogP contribution in [0, 0.1) is 5.82 Å². The Labute approximate surface area is 192 Å². The first-order valence-corrected chi connectivity index (χ1v) is 10.5. The number of hydrogen-bond donors (Lipinski definition) is 2. The number of amides is 1. The number of hydrogen-bond acceptors (Lipinski definition) is 5. The third kappa shape index (κ3) is 5.62. The number of halogens is 2. The van der Waals surface area contributed by atoms with Gasteiger partial charge in [0.2, 0.25) is 0 Å². The zero-order valence-electron chi connectivity index (χ0n) is 18.4. The lowest BCUT2D eigenvalue weighted by atomic mass is 9.77. The van der Waals surface area contributed by atoms with Crippen molar-refractivity contribution >= 4 is 30.9 Å². The molecule has 6 nitrogen and oxygen atoms in total. The van der Waals surface area contributed by atoms with Gasteiger partial charge in [-0.05, 0) is 50.9 Å². The van der Waals surface area contributed by atoms with Crippen LogP contribution < -0.4 is 5.32 Å². The molecule has 1 fully saturated rings. The molecule has 1 amide bonds. The van der Waals surface area contributed by atoms with E-state index in [1.54, 1.807) is 0 Å². The minimum Gasteiger partial charge on any atom is -0.506 e. The Morgan fingerprint density at radius 3 is 2.44 bits per heavy atom. The van der Waals surface area contributed by atoms with Crippen molar-refractivity contribution in [2.75, 3.05) is 6.54 Å². The Hall–Kier alpha value is -2.55. The summed E-state index contributed by atoms with van der Waals surface area (Å²) in [6.45, 7) is 7.66. The van der Waals surface area contributed by atoms with Gasteiger partial charge in [0.25, 0.3) is 0 Å². The SMILES string of the molecule is CC1(C)OB(C(=Cc2cc(F)cc(Cl)c2O)CNC(=O)OCc2ccccc2)OC1(C)C. The number of aromatic hydroxyl groups is 1. The van der Waals surface area contributed by atoms with Gasteiger partial charge < -0.3 is 24.5 Å². The number of rotatable bonds is 6. The summed E-state index contributed by atoms with van der Waals surface area (Å²) in [5.41, 5.74) is 0.179. The van der Waals surface area contributed by atoms with Gasteiger partial charge >= 0.3 is 13.2 Å². The number of benzene rings is 2. The van der Waals surface area contributed by atoms with E-state index in [-0.39, 0.29) is 29.5 Å². The lowest BCUT2D eigenvalue weighted by Crippen LogP contribution is -2.41. The predicted octanol–water partition coefficient (Wildman–Crippen LogP) is 5.13. The molecule has 1 saturated heterocycles. The van der Waals surface area contributed by atoms with Gasteiger partial charge in [-0.25, -0.2) is 9.18 Å². The van der Waals surface area contributed by atoms with Crippen LogP contribution in [-0.4, -0.2) is 36.1 Å². The normalized spacial score (nSPS) is 17.3. The Bertz CT molecular complexity index is 997. The second kappa shape index (κ2) is 9.52. The molecule has 2 aromatic rings. The fourth-order valence-corrected chi connectivity index (χ4v) is 3.25. The second-order valence-corrected chi connectivity index (χ2v) is 8.96. The fraction of sp³-hybridized carbons (Fsp3) is 0.348. The molecule has 32 heavy (non-hydrogen) atoms. The van der Waals surface area contributed by atoms with Crippen LogP contribution in [0.15, 0.2) is 47.9 Å². The quantitative estimate of drug-likeness (QED) is 0.584. The highest BCUT2D eigenvalue weighted by molar-refractivity contribution is 6.56. The van der Waals surface area contributed by atoms with E-state index in [1.807, 2.05) is 58.0 Å². The molecule has 0 saturated carbocycles. The van der Waals surface area contributed by atoms with E-state index in [1.165, 1.54) is 6.08 Å². The van der Waals surface area contributed by atoms with Gasteiger partial charge in [-0.15, -0.1) is 0 Å².